The Hall–Kier alpha value is 0.717. The van der Waals surface area contributed by atoms with Gasteiger partial charge >= 0.3 is 0 Å². The molecule has 0 spiro atoms. The highest BCUT2D eigenvalue weighted by molar-refractivity contribution is 6.91. The number of halogens is 2. The molecule has 0 aromatic heterocycles. The summed E-state index contributed by atoms with van der Waals surface area (Å²) in [5, 5.41) is 0. The fourth-order valence-electron chi connectivity index (χ4n) is 3.81. The second-order valence-electron chi connectivity index (χ2n) is 8.90. The predicted octanol–water partition coefficient (Wildman–Crippen LogP) is 8.13. The maximum atomic E-state index is 4.97. The molecular formula is C23H52Cl2NOSi+. The molecule has 0 aromatic rings. The summed E-state index contributed by atoms with van der Waals surface area (Å²) < 4.78 is 5.14. The van der Waals surface area contributed by atoms with Crippen LogP contribution in [-0.2, 0) is 3.98 Å². The number of hydrogen-bond acceptors (Lipinski definition) is 1. The van der Waals surface area contributed by atoms with Gasteiger partial charge in [-0.2, -0.15) is 0 Å². The van der Waals surface area contributed by atoms with Gasteiger partial charge in [0.25, 0.3) is 9.07 Å². The first-order valence-corrected chi connectivity index (χ1v) is 15.2. The molecule has 0 N–H and O–H groups in total. The first kappa shape index (κ1) is 30.9. The third-order valence-electron chi connectivity index (χ3n) is 5.49. The monoisotopic (exact) mass is 456 g/mol. The van der Waals surface area contributed by atoms with Crippen LogP contribution in [0.5, 0.6) is 0 Å². The van der Waals surface area contributed by atoms with Crippen molar-refractivity contribution in [3.63, 3.8) is 0 Å². The molecule has 0 fully saturated rings. The van der Waals surface area contributed by atoms with Crippen molar-refractivity contribution in [2.24, 2.45) is 0 Å². The van der Waals surface area contributed by atoms with Crippen molar-refractivity contribution in [2.45, 2.75) is 123 Å². The predicted molar refractivity (Wildman–Crippen MR) is 133 cm³/mol. The van der Waals surface area contributed by atoms with Crippen LogP contribution in [0.25, 0.3) is 0 Å². The van der Waals surface area contributed by atoms with Gasteiger partial charge in [-0.25, -0.2) is 0 Å². The van der Waals surface area contributed by atoms with Crippen LogP contribution in [0.4, 0.5) is 0 Å². The molecule has 0 aliphatic carbocycles. The molecule has 0 unspecified atom stereocenters. The van der Waals surface area contributed by atoms with Crippen molar-refractivity contribution in [1.82, 2.24) is 0 Å². The van der Waals surface area contributed by atoms with E-state index in [9.17, 15) is 0 Å². The van der Waals surface area contributed by atoms with E-state index in [4.69, 9.17) is 11.1 Å². The van der Waals surface area contributed by atoms with E-state index in [1.165, 1.54) is 127 Å². The summed E-state index contributed by atoms with van der Waals surface area (Å²) in [7, 11) is 3.93. The summed E-state index contributed by atoms with van der Waals surface area (Å²) >= 11 is 9.59. The highest BCUT2D eigenvalue weighted by atomic mass is 35.6. The van der Waals surface area contributed by atoms with E-state index in [1.807, 2.05) is 0 Å². The molecule has 0 rings (SSSR count). The molecule has 2 nitrogen and oxygen atoms in total. The Morgan fingerprint density at radius 3 is 1.18 bits per heavy atom. The minimum atomic E-state index is -0.838. The molecule has 0 aromatic carbocycles. The van der Waals surface area contributed by atoms with E-state index in [0.29, 0.717) is 0 Å². The van der Waals surface area contributed by atoms with Crippen molar-refractivity contribution in [1.29, 1.82) is 0 Å². The van der Waals surface area contributed by atoms with Crippen LogP contribution in [0.15, 0.2) is 0 Å². The van der Waals surface area contributed by atoms with Gasteiger partial charge < -0.3 is 8.46 Å². The quantitative estimate of drug-likeness (QED) is 0.0776. The van der Waals surface area contributed by atoms with Gasteiger partial charge in [-0.15, -0.1) is 11.1 Å². The Balaban J connectivity index is 0. The van der Waals surface area contributed by atoms with Gasteiger partial charge in [-0.3, -0.25) is 0 Å². The first-order chi connectivity index (χ1) is 13.5. The molecule has 5 heteroatoms. The van der Waals surface area contributed by atoms with E-state index in [-0.39, 0.29) is 0 Å². The highest BCUT2D eigenvalue weighted by Crippen LogP contribution is 2.14. The average Bonchev–Trinajstić information content (AvgIpc) is 2.67. The lowest BCUT2D eigenvalue weighted by Crippen LogP contribution is -2.40. The molecule has 0 heterocycles. The summed E-state index contributed by atoms with van der Waals surface area (Å²) in [4.78, 5) is 0. The summed E-state index contributed by atoms with van der Waals surface area (Å²) in [5.74, 6) is 0. The Morgan fingerprint density at radius 1 is 0.571 bits per heavy atom. The van der Waals surface area contributed by atoms with Gasteiger partial charge in [0.15, 0.2) is 0 Å². The van der Waals surface area contributed by atoms with Gasteiger partial charge in [0.2, 0.25) is 0 Å². The van der Waals surface area contributed by atoms with Gasteiger partial charge in [0.05, 0.1) is 27.2 Å². The standard InChI is InChI=1S/C23H50N.Cl2H2OSi/c1-5-7-8-9-10-11-12-13-14-15-16-17-18-19-20-21-23-24(3,4)22-6-2;1-3-4-2/h5-23H2,1-4H3;4H2/q+1;. The topological polar surface area (TPSA) is 9.23 Å². The van der Waals surface area contributed by atoms with E-state index < -0.39 is 9.07 Å². The van der Waals surface area contributed by atoms with Crippen LogP contribution in [0, 0.1) is 0 Å². The Morgan fingerprint density at radius 2 is 0.893 bits per heavy atom. The SMILES string of the molecule is CCCCCCCCCCCCCCCCCC[N+](C)(C)CCC.ClO[SiH2]Cl. The van der Waals surface area contributed by atoms with Gasteiger partial charge in [-0.05, 0) is 19.3 Å². The molecule has 28 heavy (non-hydrogen) atoms. The Labute approximate surface area is 190 Å². The number of nitrogens with zero attached hydrogens (tertiary/aromatic N) is 1. The van der Waals surface area contributed by atoms with Gasteiger partial charge in [0.1, 0.15) is 0 Å². The third kappa shape index (κ3) is 28.9. The van der Waals surface area contributed by atoms with Crippen molar-refractivity contribution < 1.29 is 8.46 Å². The van der Waals surface area contributed by atoms with Crippen molar-refractivity contribution in [2.75, 3.05) is 27.2 Å². The molecule has 0 aliphatic heterocycles. The van der Waals surface area contributed by atoms with E-state index >= 15 is 0 Å². The van der Waals surface area contributed by atoms with Crippen LogP contribution in [-0.4, -0.2) is 40.7 Å². The van der Waals surface area contributed by atoms with Crippen LogP contribution in [0.2, 0.25) is 0 Å². The smallest absolute Gasteiger partial charge is 0.284 e. The van der Waals surface area contributed by atoms with E-state index in [1.54, 1.807) is 0 Å². The van der Waals surface area contributed by atoms with Gasteiger partial charge in [0, 0.05) is 11.9 Å². The maximum absolute atomic E-state index is 4.97. The second-order valence-corrected chi connectivity index (χ2v) is 10.7. The average molecular weight is 458 g/mol. The number of quaternary nitrogens is 1. The zero-order chi connectivity index (χ0) is 21.3. The molecular weight excluding hydrogens is 405 g/mol. The lowest BCUT2D eigenvalue weighted by atomic mass is 10.0. The molecule has 0 bridgehead atoms. The fraction of sp³-hybridized carbons (Fsp3) is 1.00. The van der Waals surface area contributed by atoms with E-state index in [2.05, 4.69) is 43.8 Å². The van der Waals surface area contributed by atoms with Crippen molar-refractivity contribution in [3.8, 4) is 0 Å². The lowest BCUT2D eigenvalue weighted by molar-refractivity contribution is -0.890. The zero-order valence-electron chi connectivity index (χ0n) is 19.8. The summed E-state index contributed by atoms with van der Waals surface area (Å²) in [6.45, 7) is 7.30. The van der Waals surface area contributed by atoms with Gasteiger partial charge in [-0.1, -0.05) is 104 Å². The largest absolute Gasteiger partial charge is 0.328 e. The molecule has 0 aliphatic rings. The Bertz CT molecular complexity index is 279. The number of unbranched alkanes of at least 4 members (excludes halogenated alkanes) is 15. The molecule has 0 atom stereocenters. The number of rotatable bonds is 20. The van der Waals surface area contributed by atoms with Crippen LogP contribution in [0.1, 0.15) is 123 Å². The number of hydrogen-bond donors (Lipinski definition) is 0. The van der Waals surface area contributed by atoms with Crippen LogP contribution < -0.4 is 0 Å². The summed E-state index contributed by atoms with van der Waals surface area (Å²) in [6.07, 6.45) is 24.7. The molecule has 0 saturated carbocycles. The highest BCUT2D eigenvalue weighted by Gasteiger charge is 2.11. The fourth-order valence-corrected chi connectivity index (χ4v) is 3.81. The minimum absolute atomic E-state index is 0.838. The summed E-state index contributed by atoms with van der Waals surface area (Å²) in [6, 6.07) is 0. The van der Waals surface area contributed by atoms with E-state index in [0.717, 1.165) is 0 Å². The lowest BCUT2D eigenvalue weighted by Gasteiger charge is -2.29. The molecule has 0 saturated heterocycles. The molecule has 0 amide bonds. The normalized spacial score (nSPS) is 11.8. The molecule has 0 radical (unpaired) electrons. The van der Waals surface area contributed by atoms with Crippen LogP contribution >= 0.6 is 22.9 Å². The zero-order valence-corrected chi connectivity index (χ0v) is 22.7. The van der Waals surface area contributed by atoms with Crippen molar-refractivity contribution in [3.05, 3.63) is 0 Å². The first-order valence-electron chi connectivity index (χ1n) is 12.2. The maximum Gasteiger partial charge on any atom is 0.284 e. The minimum Gasteiger partial charge on any atom is -0.328 e. The second kappa shape index (κ2) is 25.8. The van der Waals surface area contributed by atoms with Crippen LogP contribution in [0.3, 0.4) is 0 Å². The summed E-state index contributed by atoms with van der Waals surface area (Å²) in [5.41, 5.74) is 0. The molecule has 172 valence electrons. The third-order valence-corrected chi connectivity index (χ3v) is 6.56. The Kier molecular flexibility index (Phi) is 28.4. The van der Waals surface area contributed by atoms with Crippen molar-refractivity contribution >= 4 is 32.0 Å².